The van der Waals surface area contributed by atoms with Gasteiger partial charge in [-0.25, -0.2) is 0 Å². The number of furan rings is 1. The number of nitrogens with zero attached hydrogens (tertiary/aromatic N) is 1. The van der Waals surface area contributed by atoms with Crippen molar-refractivity contribution in [3.05, 3.63) is 81.6 Å². The van der Waals surface area contributed by atoms with Crippen molar-refractivity contribution in [3.63, 3.8) is 0 Å². The van der Waals surface area contributed by atoms with Crippen LogP contribution in [0, 0.1) is 17.0 Å². The van der Waals surface area contributed by atoms with E-state index in [1.807, 2.05) is 0 Å². The van der Waals surface area contributed by atoms with Crippen LogP contribution in [0.2, 0.25) is 0 Å². The van der Waals surface area contributed by atoms with Gasteiger partial charge in [0.25, 0.3) is 11.6 Å². The lowest BCUT2D eigenvalue weighted by Crippen LogP contribution is -2.12. The largest absolute Gasteiger partial charge is 0.451 e. The zero-order valence-electron chi connectivity index (χ0n) is 14.4. The second kappa shape index (κ2) is 7.18. The molecule has 1 heterocycles. The molecule has 1 aromatic heterocycles. The number of benzene rings is 2. The lowest BCUT2D eigenvalue weighted by molar-refractivity contribution is -0.384. The summed E-state index contributed by atoms with van der Waals surface area (Å²) in [6, 6.07) is 11.3. The SMILES string of the molecule is Cc1cc([N+](=O)[O-])ccc1NC(=O)c1ccc(-c2ccccc2C(F)(F)F)o1. The van der Waals surface area contributed by atoms with E-state index in [1.54, 1.807) is 6.92 Å². The van der Waals surface area contributed by atoms with Crippen molar-refractivity contribution in [3.8, 4) is 11.3 Å². The number of hydrogen-bond acceptors (Lipinski definition) is 4. The zero-order valence-corrected chi connectivity index (χ0v) is 14.4. The van der Waals surface area contributed by atoms with Crippen LogP contribution in [-0.2, 0) is 6.18 Å². The minimum absolute atomic E-state index is 0.0986. The van der Waals surface area contributed by atoms with E-state index >= 15 is 0 Å². The van der Waals surface area contributed by atoms with Crippen molar-refractivity contribution in [1.29, 1.82) is 0 Å². The summed E-state index contributed by atoms with van der Waals surface area (Å²) >= 11 is 0. The number of carbonyl (C=O) groups excluding carboxylic acids is 1. The summed E-state index contributed by atoms with van der Waals surface area (Å²) in [4.78, 5) is 22.6. The number of nitro groups is 1. The molecule has 6 nitrogen and oxygen atoms in total. The predicted octanol–water partition coefficient (Wildman–Crippen LogP) is 5.43. The summed E-state index contributed by atoms with van der Waals surface area (Å²) < 4.78 is 44.8. The Morgan fingerprint density at radius 1 is 1.11 bits per heavy atom. The van der Waals surface area contributed by atoms with Crippen LogP contribution >= 0.6 is 0 Å². The topological polar surface area (TPSA) is 85.4 Å². The molecule has 0 saturated heterocycles. The number of nitrogens with one attached hydrogen (secondary N) is 1. The first-order valence-electron chi connectivity index (χ1n) is 7.99. The van der Waals surface area contributed by atoms with Gasteiger partial charge in [0.05, 0.1) is 10.5 Å². The Morgan fingerprint density at radius 3 is 2.46 bits per heavy atom. The van der Waals surface area contributed by atoms with Gasteiger partial charge in [0, 0.05) is 23.4 Å². The molecule has 0 aliphatic heterocycles. The third-order valence-corrected chi connectivity index (χ3v) is 4.00. The van der Waals surface area contributed by atoms with E-state index < -0.39 is 22.6 Å². The normalized spacial score (nSPS) is 11.3. The second-order valence-corrected chi connectivity index (χ2v) is 5.92. The number of anilines is 1. The summed E-state index contributed by atoms with van der Waals surface area (Å²) in [5.41, 5.74) is -0.399. The van der Waals surface area contributed by atoms with Gasteiger partial charge in [0.1, 0.15) is 5.76 Å². The fourth-order valence-electron chi connectivity index (χ4n) is 2.64. The van der Waals surface area contributed by atoms with E-state index in [1.165, 1.54) is 48.5 Å². The van der Waals surface area contributed by atoms with E-state index in [9.17, 15) is 28.1 Å². The maximum absolute atomic E-state index is 13.2. The number of amides is 1. The molecule has 0 bridgehead atoms. The molecule has 1 amide bonds. The monoisotopic (exact) mass is 390 g/mol. The number of alkyl halides is 3. The van der Waals surface area contributed by atoms with E-state index in [-0.39, 0.29) is 22.8 Å². The molecule has 0 unspecified atom stereocenters. The maximum Gasteiger partial charge on any atom is 0.417 e. The Bertz CT molecular complexity index is 1060. The maximum atomic E-state index is 13.2. The number of non-ortho nitro benzene ring substituents is 1. The molecule has 0 aliphatic rings. The molecule has 0 saturated carbocycles. The van der Waals surface area contributed by atoms with Crippen molar-refractivity contribution in [2.24, 2.45) is 0 Å². The van der Waals surface area contributed by atoms with Gasteiger partial charge < -0.3 is 9.73 Å². The van der Waals surface area contributed by atoms with Crippen LogP contribution in [0.5, 0.6) is 0 Å². The highest BCUT2D eigenvalue weighted by Crippen LogP contribution is 2.37. The smallest absolute Gasteiger partial charge is 0.417 e. The van der Waals surface area contributed by atoms with Gasteiger partial charge in [0.15, 0.2) is 5.76 Å². The fraction of sp³-hybridized carbons (Fsp3) is 0.105. The average Bonchev–Trinajstić information content (AvgIpc) is 3.12. The fourth-order valence-corrected chi connectivity index (χ4v) is 2.64. The highest BCUT2D eigenvalue weighted by molar-refractivity contribution is 6.03. The first kappa shape index (κ1) is 19.2. The highest BCUT2D eigenvalue weighted by Gasteiger charge is 2.34. The second-order valence-electron chi connectivity index (χ2n) is 5.92. The Hall–Kier alpha value is -3.62. The standard InChI is InChI=1S/C19H13F3N2O4/c1-11-10-12(24(26)27)6-7-15(11)23-18(25)17-9-8-16(28-17)13-4-2-3-5-14(13)19(20,21)22/h2-10H,1H3,(H,23,25). The average molecular weight is 390 g/mol. The van der Waals surface area contributed by atoms with Crippen molar-refractivity contribution in [2.75, 3.05) is 5.32 Å². The molecule has 144 valence electrons. The van der Waals surface area contributed by atoms with E-state index in [0.29, 0.717) is 11.3 Å². The Morgan fingerprint density at radius 2 is 1.82 bits per heavy atom. The zero-order chi connectivity index (χ0) is 20.5. The van der Waals surface area contributed by atoms with Crippen LogP contribution in [0.1, 0.15) is 21.7 Å². The van der Waals surface area contributed by atoms with Gasteiger partial charge in [-0.2, -0.15) is 13.2 Å². The summed E-state index contributed by atoms with van der Waals surface area (Å²) in [5.74, 6) is -0.976. The highest BCUT2D eigenvalue weighted by atomic mass is 19.4. The minimum atomic E-state index is -4.57. The van der Waals surface area contributed by atoms with Crippen molar-refractivity contribution < 1.29 is 27.3 Å². The number of nitro benzene ring substituents is 1. The lowest BCUT2D eigenvalue weighted by Gasteiger charge is -2.10. The summed E-state index contributed by atoms with van der Waals surface area (Å²) in [6.07, 6.45) is -4.57. The van der Waals surface area contributed by atoms with Gasteiger partial charge in [-0.05, 0) is 36.8 Å². The predicted molar refractivity (Wildman–Crippen MR) is 94.9 cm³/mol. The van der Waals surface area contributed by atoms with E-state index in [4.69, 9.17) is 4.42 Å². The number of rotatable bonds is 4. The minimum Gasteiger partial charge on any atom is -0.451 e. The number of carbonyl (C=O) groups is 1. The lowest BCUT2D eigenvalue weighted by atomic mass is 10.1. The quantitative estimate of drug-likeness (QED) is 0.475. The Balaban J connectivity index is 1.85. The van der Waals surface area contributed by atoms with Gasteiger partial charge in [-0.3, -0.25) is 14.9 Å². The molecule has 0 radical (unpaired) electrons. The van der Waals surface area contributed by atoms with Gasteiger partial charge in [0.2, 0.25) is 0 Å². The molecule has 1 N–H and O–H groups in total. The van der Waals surface area contributed by atoms with Crippen LogP contribution in [0.3, 0.4) is 0 Å². The molecule has 0 aliphatic carbocycles. The van der Waals surface area contributed by atoms with Crippen LogP contribution in [0.15, 0.2) is 59.0 Å². The number of aryl methyl sites for hydroxylation is 1. The first-order valence-corrected chi connectivity index (χ1v) is 7.99. The van der Waals surface area contributed by atoms with E-state index in [2.05, 4.69) is 5.32 Å². The summed E-state index contributed by atoms with van der Waals surface area (Å²) in [6.45, 7) is 1.58. The third-order valence-electron chi connectivity index (χ3n) is 4.00. The van der Waals surface area contributed by atoms with Crippen LogP contribution in [-0.4, -0.2) is 10.8 Å². The van der Waals surface area contributed by atoms with E-state index in [0.717, 1.165) is 6.07 Å². The Kier molecular flexibility index (Phi) is 4.91. The molecule has 2 aromatic carbocycles. The van der Waals surface area contributed by atoms with Crippen LogP contribution in [0.4, 0.5) is 24.5 Å². The number of hydrogen-bond donors (Lipinski definition) is 1. The van der Waals surface area contributed by atoms with Crippen LogP contribution < -0.4 is 5.32 Å². The molecule has 0 atom stereocenters. The van der Waals surface area contributed by atoms with Gasteiger partial charge in [-0.1, -0.05) is 18.2 Å². The van der Waals surface area contributed by atoms with Crippen LogP contribution in [0.25, 0.3) is 11.3 Å². The molecular formula is C19H13F3N2O4. The molecule has 0 spiro atoms. The Labute approximate surface area is 156 Å². The molecule has 28 heavy (non-hydrogen) atoms. The van der Waals surface area contributed by atoms with Crippen molar-refractivity contribution in [1.82, 2.24) is 0 Å². The van der Waals surface area contributed by atoms with Crippen molar-refractivity contribution >= 4 is 17.3 Å². The molecule has 0 fully saturated rings. The molecule has 3 aromatic rings. The van der Waals surface area contributed by atoms with Gasteiger partial charge in [-0.15, -0.1) is 0 Å². The summed E-state index contributed by atoms with van der Waals surface area (Å²) in [7, 11) is 0. The first-order chi connectivity index (χ1) is 13.2. The van der Waals surface area contributed by atoms with Gasteiger partial charge >= 0.3 is 6.18 Å². The molecule has 9 heteroatoms. The third kappa shape index (κ3) is 3.88. The molecular weight excluding hydrogens is 377 g/mol. The summed E-state index contributed by atoms with van der Waals surface area (Å²) in [5, 5.41) is 13.3. The van der Waals surface area contributed by atoms with Crippen molar-refractivity contribution in [2.45, 2.75) is 13.1 Å². The molecule has 3 rings (SSSR count). The number of halogens is 3.